The second-order valence-corrected chi connectivity index (χ2v) is 11.5. The molecule has 1 N–H and O–H groups in total. The minimum atomic E-state index is -0.00513. The summed E-state index contributed by atoms with van der Waals surface area (Å²) in [6, 6.07) is 12.6. The number of nitrogens with one attached hydrogen (secondary N) is 1. The molecule has 1 unspecified atom stereocenters. The molecular weight excluding hydrogens is 520 g/mol. The summed E-state index contributed by atoms with van der Waals surface area (Å²) in [5.41, 5.74) is 1.32. The number of hydrogen-bond acceptors (Lipinski definition) is 7. The summed E-state index contributed by atoms with van der Waals surface area (Å²) in [5.74, 6) is 1.21. The first-order valence-corrected chi connectivity index (χ1v) is 15.0. The zero-order valence-corrected chi connectivity index (χ0v) is 24.0. The Balaban J connectivity index is 1.22. The average molecular weight is 559 g/mol. The normalized spacial score (nSPS) is 19.0. The molecule has 38 heavy (non-hydrogen) atoms. The van der Waals surface area contributed by atoms with Gasteiger partial charge in [0.2, 0.25) is 11.8 Å². The largest absolute Gasteiger partial charge is 0.353 e. The highest BCUT2D eigenvalue weighted by atomic mass is 35.5. The third-order valence-electron chi connectivity index (χ3n) is 7.21. The number of carbonyl (C=O) groups excluding carboxylic acids is 2. The first-order chi connectivity index (χ1) is 18.4. The van der Waals surface area contributed by atoms with E-state index >= 15 is 0 Å². The maximum absolute atomic E-state index is 12.7. The molecule has 0 bridgehead atoms. The van der Waals surface area contributed by atoms with E-state index in [0.29, 0.717) is 36.4 Å². The quantitative estimate of drug-likeness (QED) is 0.265. The Labute approximate surface area is 235 Å². The summed E-state index contributed by atoms with van der Waals surface area (Å²) in [7, 11) is 0. The summed E-state index contributed by atoms with van der Waals surface area (Å²) in [5, 5.41) is 4.03. The van der Waals surface area contributed by atoms with Crippen LogP contribution in [0.3, 0.4) is 0 Å². The Kier molecular flexibility index (Phi) is 10.7. The van der Waals surface area contributed by atoms with Crippen molar-refractivity contribution in [1.29, 1.82) is 0 Å². The molecule has 2 aliphatic rings. The molecule has 1 atom stereocenters. The molecule has 2 amide bonds. The van der Waals surface area contributed by atoms with Crippen molar-refractivity contribution in [2.45, 2.75) is 69.7 Å². The number of rotatable bonds is 10. The SMILES string of the molecule is CCCCC(=O)N1CCN(c2cc(Cl)nc(SCC(=O)NC3CCN(Cc4ccccc4)CC3)n2)CC1C. The summed E-state index contributed by atoms with van der Waals surface area (Å²) in [6.45, 7) is 9.14. The molecule has 206 valence electrons. The Hall–Kier alpha value is -2.36. The van der Waals surface area contributed by atoms with E-state index in [9.17, 15) is 9.59 Å². The molecule has 1 aromatic heterocycles. The molecule has 0 radical (unpaired) electrons. The lowest BCUT2D eigenvalue weighted by molar-refractivity contribution is -0.133. The molecule has 2 saturated heterocycles. The molecule has 10 heteroatoms. The number of piperazine rings is 1. The van der Waals surface area contributed by atoms with Crippen LogP contribution in [0.2, 0.25) is 5.15 Å². The van der Waals surface area contributed by atoms with Gasteiger partial charge in [0.15, 0.2) is 5.16 Å². The van der Waals surface area contributed by atoms with Gasteiger partial charge < -0.3 is 15.1 Å². The van der Waals surface area contributed by atoms with Gasteiger partial charge in [-0.15, -0.1) is 0 Å². The first kappa shape index (κ1) is 28.6. The van der Waals surface area contributed by atoms with Crippen molar-refractivity contribution >= 4 is 41.0 Å². The molecule has 2 aromatic rings. The van der Waals surface area contributed by atoms with Gasteiger partial charge in [-0.2, -0.15) is 0 Å². The lowest BCUT2D eigenvalue weighted by atomic mass is 10.0. The van der Waals surface area contributed by atoms with E-state index in [4.69, 9.17) is 11.6 Å². The topological polar surface area (TPSA) is 81.7 Å². The van der Waals surface area contributed by atoms with Gasteiger partial charge in [-0.05, 0) is 31.7 Å². The molecule has 4 rings (SSSR count). The van der Waals surface area contributed by atoms with Gasteiger partial charge in [0.05, 0.1) is 5.75 Å². The minimum Gasteiger partial charge on any atom is -0.353 e. The van der Waals surface area contributed by atoms with E-state index in [1.165, 1.54) is 17.3 Å². The van der Waals surface area contributed by atoms with E-state index in [1.54, 1.807) is 6.07 Å². The van der Waals surface area contributed by atoms with Crippen molar-refractivity contribution in [3.05, 3.63) is 47.1 Å². The Morgan fingerprint density at radius 3 is 2.58 bits per heavy atom. The Morgan fingerprint density at radius 2 is 1.87 bits per heavy atom. The van der Waals surface area contributed by atoms with E-state index in [-0.39, 0.29) is 29.7 Å². The molecule has 0 aliphatic carbocycles. The number of halogens is 1. The van der Waals surface area contributed by atoms with Gasteiger partial charge in [-0.1, -0.05) is 67.0 Å². The predicted molar refractivity (Wildman–Crippen MR) is 154 cm³/mol. The number of anilines is 1. The number of thioether (sulfide) groups is 1. The number of piperidine rings is 1. The summed E-state index contributed by atoms with van der Waals surface area (Å²) in [4.78, 5) is 40.8. The highest BCUT2D eigenvalue weighted by Crippen LogP contribution is 2.24. The fraction of sp³-hybridized carbons (Fsp3) is 0.571. The maximum Gasteiger partial charge on any atom is 0.230 e. The molecule has 1 aromatic carbocycles. The smallest absolute Gasteiger partial charge is 0.230 e. The number of benzene rings is 1. The van der Waals surface area contributed by atoms with E-state index in [1.807, 2.05) is 11.0 Å². The van der Waals surface area contributed by atoms with Crippen LogP contribution in [0.25, 0.3) is 0 Å². The fourth-order valence-corrected chi connectivity index (χ4v) is 5.99. The second-order valence-electron chi connectivity index (χ2n) is 10.2. The Bertz CT molecular complexity index is 1070. The van der Waals surface area contributed by atoms with Crippen molar-refractivity contribution in [3.63, 3.8) is 0 Å². The van der Waals surface area contributed by atoms with Crippen molar-refractivity contribution in [3.8, 4) is 0 Å². The molecule has 2 fully saturated rings. The number of hydrogen-bond donors (Lipinski definition) is 1. The number of aromatic nitrogens is 2. The summed E-state index contributed by atoms with van der Waals surface area (Å²) < 4.78 is 0. The fourth-order valence-electron chi connectivity index (χ4n) is 5.10. The zero-order valence-electron chi connectivity index (χ0n) is 22.4. The van der Waals surface area contributed by atoms with Crippen LogP contribution in [0.4, 0.5) is 5.82 Å². The highest BCUT2D eigenvalue weighted by Gasteiger charge is 2.28. The summed E-state index contributed by atoms with van der Waals surface area (Å²) >= 11 is 7.63. The van der Waals surface area contributed by atoms with Gasteiger partial charge in [0.1, 0.15) is 11.0 Å². The van der Waals surface area contributed by atoms with E-state index in [0.717, 1.165) is 51.1 Å². The van der Waals surface area contributed by atoms with Crippen LogP contribution in [-0.4, -0.2) is 82.1 Å². The molecule has 0 spiro atoms. The van der Waals surface area contributed by atoms with E-state index < -0.39 is 0 Å². The van der Waals surface area contributed by atoms with Crippen LogP contribution < -0.4 is 10.2 Å². The van der Waals surface area contributed by atoms with Gasteiger partial charge in [-0.3, -0.25) is 14.5 Å². The number of carbonyl (C=O) groups is 2. The third-order valence-corrected chi connectivity index (χ3v) is 8.25. The van der Waals surface area contributed by atoms with Crippen LogP contribution in [0, 0.1) is 0 Å². The van der Waals surface area contributed by atoms with Crippen LogP contribution in [0.15, 0.2) is 41.6 Å². The zero-order chi connectivity index (χ0) is 26.9. The lowest BCUT2D eigenvalue weighted by Crippen LogP contribution is -2.54. The number of amides is 2. The van der Waals surface area contributed by atoms with Crippen LogP contribution in [0.1, 0.15) is 51.5 Å². The lowest BCUT2D eigenvalue weighted by Gasteiger charge is -2.40. The average Bonchev–Trinajstić information content (AvgIpc) is 2.92. The third kappa shape index (κ3) is 8.32. The van der Waals surface area contributed by atoms with Crippen LogP contribution in [-0.2, 0) is 16.1 Å². The van der Waals surface area contributed by atoms with Crippen molar-refractivity contribution < 1.29 is 9.59 Å². The van der Waals surface area contributed by atoms with Gasteiger partial charge in [0.25, 0.3) is 0 Å². The standard InChI is InChI=1S/C28H39ClN6O2S/c1-3-4-10-27(37)35-16-15-34(18-21(35)2)25-17-24(29)31-28(32-25)38-20-26(36)30-23-11-13-33(14-12-23)19-22-8-6-5-7-9-22/h5-9,17,21,23H,3-4,10-16,18-20H2,1-2H3,(H,30,36). The van der Waals surface area contributed by atoms with Crippen molar-refractivity contribution in [2.24, 2.45) is 0 Å². The summed E-state index contributed by atoms with van der Waals surface area (Å²) in [6.07, 6.45) is 4.45. The molecule has 3 heterocycles. The number of nitrogens with zero attached hydrogens (tertiary/aromatic N) is 5. The second kappa shape index (κ2) is 14.1. The van der Waals surface area contributed by atoms with Gasteiger partial charge in [0, 0.05) is 63.8 Å². The molecular formula is C28H39ClN6O2S. The number of unbranched alkanes of at least 4 members (excludes halogenated alkanes) is 1. The minimum absolute atomic E-state index is 0.00513. The number of likely N-dealkylation sites (tertiary alicyclic amines) is 1. The van der Waals surface area contributed by atoms with Crippen LogP contribution in [0.5, 0.6) is 0 Å². The van der Waals surface area contributed by atoms with E-state index in [2.05, 4.69) is 63.2 Å². The predicted octanol–water partition coefficient (Wildman–Crippen LogP) is 4.23. The van der Waals surface area contributed by atoms with Crippen molar-refractivity contribution in [2.75, 3.05) is 43.4 Å². The van der Waals surface area contributed by atoms with Gasteiger partial charge >= 0.3 is 0 Å². The monoisotopic (exact) mass is 558 g/mol. The Morgan fingerprint density at radius 1 is 1.11 bits per heavy atom. The van der Waals surface area contributed by atoms with Crippen molar-refractivity contribution in [1.82, 2.24) is 25.1 Å². The maximum atomic E-state index is 12.7. The molecule has 8 nitrogen and oxygen atoms in total. The van der Waals surface area contributed by atoms with Gasteiger partial charge in [-0.25, -0.2) is 9.97 Å². The van der Waals surface area contributed by atoms with Crippen LogP contribution >= 0.6 is 23.4 Å². The molecule has 0 saturated carbocycles. The highest BCUT2D eigenvalue weighted by molar-refractivity contribution is 7.99. The molecule has 2 aliphatic heterocycles. The first-order valence-electron chi connectivity index (χ1n) is 13.7.